The second-order valence-corrected chi connectivity index (χ2v) is 7.56. The van der Waals surface area contributed by atoms with Crippen LogP contribution < -0.4 is 10.6 Å². The summed E-state index contributed by atoms with van der Waals surface area (Å²) in [6.45, 7) is 6.53. The molecule has 0 saturated carbocycles. The first-order chi connectivity index (χ1) is 13.6. The number of anilines is 1. The molecule has 0 unspecified atom stereocenters. The van der Waals surface area contributed by atoms with Crippen LogP contribution in [0.2, 0.25) is 0 Å². The molecule has 2 N–H and O–H groups in total. The first-order valence-corrected chi connectivity index (χ1v) is 9.87. The minimum absolute atomic E-state index is 0.0684. The zero-order valence-corrected chi connectivity index (χ0v) is 16.7. The number of amides is 1. The van der Waals surface area contributed by atoms with Gasteiger partial charge in [0.2, 0.25) is 5.91 Å². The van der Waals surface area contributed by atoms with E-state index < -0.39 is 0 Å². The Kier molecular flexibility index (Phi) is 7.04. The average Bonchev–Trinajstić information content (AvgIpc) is 3.09. The number of nitrogens with zero attached hydrogens (tertiary/aromatic N) is 1. The Hall–Kier alpha value is -2.85. The molecule has 0 aliphatic heterocycles. The quantitative estimate of drug-likeness (QED) is 0.564. The minimum Gasteiger partial charge on any atom is -0.346 e. The zero-order chi connectivity index (χ0) is 19.8. The first kappa shape index (κ1) is 19.9. The lowest BCUT2D eigenvalue weighted by atomic mass is 10.1. The molecule has 1 aromatic heterocycles. The molecule has 0 aliphatic carbocycles. The number of carbonyl (C=O) groups is 1. The van der Waals surface area contributed by atoms with Gasteiger partial charge in [-0.05, 0) is 41.3 Å². The van der Waals surface area contributed by atoms with E-state index in [-0.39, 0.29) is 5.91 Å². The molecule has 146 valence electrons. The summed E-state index contributed by atoms with van der Waals surface area (Å²) >= 11 is 0. The Balaban J connectivity index is 1.52. The Labute approximate surface area is 167 Å². The molecule has 3 aromatic rings. The summed E-state index contributed by atoms with van der Waals surface area (Å²) < 4.78 is 2.27. The summed E-state index contributed by atoms with van der Waals surface area (Å²) in [6, 6.07) is 22.8. The van der Waals surface area contributed by atoms with E-state index in [0.29, 0.717) is 12.3 Å². The highest BCUT2D eigenvalue weighted by Crippen LogP contribution is 2.13. The molecule has 0 fully saturated rings. The van der Waals surface area contributed by atoms with Crippen molar-refractivity contribution in [1.29, 1.82) is 0 Å². The van der Waals surface area contributed by atoms with E-state index in [1.54, 1.807) is 0 Å². The van der Waals surface area contributed by atoms with Gasteiger partial charge in [0.05, 0.1) is 0 Å². The van der Waals surface area contributed by atoms with Crippen molar-refractivity contribution in [3.63, 3.8) is 0 Å². The zero-order valence-electron chi connectivity index (χ0n) is 16.7. The molecule has 0 atom stereocenters. The van der Waals surface area contributed by atoms with Crippen LogP contribution in [-0.4, -0.2) is 10.5 Å². The summed E-state index contributed by atoms with van der Waals surface area (Å²) in [4.78, 5) is 12.0. The predicted molar refractivity (Wildman–Crippen MR) is 115 cm³/mol. The van der Waals surface area contributed by atoms with Gasteiger partial charge in [-0.3, -0.25) is 4.79 Å². The molecule has 0 aliphatic rings. The fourth-order valence-electron chi connectivity index (χ4n) is 3.22. The third-order valence-corrected chi connectivity index (χ3v) is 4.56. The van der Waals surface area contributed by atoms with Gasteiger partial charge >= 0.3 is 0 Å². The molecule has 28 heavy (non-hydrogen) atoms. The summed E-state index contributed by atoms with van der Waals surface area (Å²) in [5, 5.41) is 6.49. The Bertz CT molecular complexity index is 884. The number of nitrogens with one attached hydrogen (secondary N) is 2. The van der Waals surface area contributed by atoms with E-state index in [1.807, 2.05) is 38.1 Å². The standard InChI is InChI=1S/C24H29N3O/c1-19(2)14-24(28)26-22-11-6-10-21(15-22)16-25-17-23-12-7-13-27(23)18-20-8-4-3-5-9-20/h3-13,15,19,25H,14,16-18H2,1-2H3,(H,26,28). The molecule has 4 nitrogen and oxygen atoms in total. The van der Waals surface area contributed by atoms with Gasteiger partial charge < -0.3 is 15.2 Å². The maximum absolute atomic E-state index is 12.0. The largest absolute Gasteiger partial charge is 0.346 e. The summed E-state index contributed by atoms with van der Waals surface area (Å²) in [5.41, 5.74) is 4.57. The van der Waals surface area contributed by atoms with E-state index in [4.69, 9.17) is 0 Å². The van der Waals surface area contributed by atoms with Gasteiger partial charge in [-0.25, -0.2) is 0 Å². The summed E-state index contributed by atoms with van der Waals surface area (Å²) in [7, 11) is 0. The van der Waals surface area contributed by atoms with Crippen LogP contribution in [0.1, 0.15) is 37.1 Å². The van der Waals surface area contributed by atoms with Crippen molar-refractivity contribution in [3.8, 4) is 0 Å². The Morgan fingerprint density at radius 1 is 0.929 bits per heavy atom. The van der Waals surface area contributed by atoms with Crippen LogP contribution >= 0.6 is 0 Å². The Morgan fingerprint density at radius 3 is 2.50 bits per heavy atom. The topological polar surface area (TPSA) is 46.1 Å². The summed E-state index contributed by atoms with van der Waals surface area (Å²) in [5.74, 6) is 0.427. The number of rotatable bonds is 9. The van der Waals surface area contributed by atoms with Crippen molar-refractivity contribution in [2.75, 3.05) is 5.32 Å². The van der Waals surface area contributed by atoms with Crippen LogP contribution in [0.3, 0.4) is 0 Å². The molecule has 1 heterocycles. The van der Waals surface area contributed by atoms with Crippen LogP contribution in [0.4, 0.5) is 5.69 Å². The number of aromatic nitrogens is 1. The smallest absolute Gasteiger partial charge is 0.224 e. The van der Waals surface area contributed by atoms with E-state index in [2.05, 4.69) is 63.9 Å². The van der Waals surface area contributed by atoms with Gasteiger partial charge in [0, 0.05) is 43.6 Å². The van der Waals surface area contributed by atoms with E-state index in [9.17, 15) is 4.79 Å². The van der Waals surface area contributed by atoms with Crippen molar-refractivity contribution in [2.24, 2.45) is 5.92 Å². The van der Waals surface area contributed by atoms with Crippen LogP contribution in [-0.2, 0) is 24.4 Å². The van der Waals surface area contributed by atoms with Crippen LogP contribution in [0.15, 0.2) is 72.9 Å². The molecule has 0 saturated heterocycles. The highest BCUT2D eigenvalue weighted by atomic mass is 16.1. The van der Waals surface area contributed by atoms with Crippen LogP contribution in [0.5, 0.6) is 0 Å². The van der Waals surface area contributed by atoms with E-state index >= 15 is 0 Å². The van der Waals surface area contributed by atoms with Crippen LogP contribution in [0, 0.1) is 5.92 Å². The lowest BCUT2D eigenvalue weighted by molar-refractivity contribution is -0.116. The number of carbonyl (C=O) groups excluding carboxylic acids is 1. The second-order valence-electron chi connectivity index (χ2n) is 7.56. The minimum atomic E-state index is 0.0684. The van der Waals surface area contributed by atoms with E-state index in [0.717, 1.165) is 30.9 Å². The number of hydrogen-bond acceptors (Lipinski definition) is 2. The van der Waals surface area contributed by atoms with E-state index in [1.165, 1.54) is 11.3 Å². The third-order valence-electron chi connectivity index (χ3n) is 4.56. The lowest BCUT2D eigenvalue weighted by Gasteiger charge is -2.12. The van der Waals surface area contributed by atoms with Crippen molar-refractivity contribution < 1.29 is 4.79 Å². The molecule has 1 amide bonds. The SMILES string of the molecule is CC(C)CC(=O)Nc1cccc(CNCc2cccn2Cc2ccccc2)c1. The number of benzene rings is 2. The third kappa shape index (κ3) is 6.10. The molecule has 0 radical (unpaired) electrons. The van der Waals surface area contributed by atoms with Crippen molar-refractivity contribution in [2.45, 2.75) is 39.9 Å². The highest BCUT2D eigenvalue weighted by Gasteiger charge is 2.06. The van der Waals surface area contributed by atoms with Gasteiger partial charge in [-0.15, -0.1) is 0 Å². The van der Waals surface area contributed by atoms with Crippen molar-refractivity contribution in [1.82, 2.24) is 9.88 Å². The molecule has 2 aromatic carbocycles. The van der Waals surface area contributed by atoms with Gasteiger partial charge in [-0.1, -0.05) is 56.3 Å². The monoisotopic (exact) mass is 375 g/mol. The predicted octanol–water partition coefficient (Wildman–Crippen LogP) is 4.81. The summed E-state index contributed by atoms with van der Waals surface area (Å²) in [6.07, 6.45) is 2.66. The van der Waals surface area contributed by atoms with Gasteiger partial charge in [0.25, 0.3) is 0 Å². The van der Waals surface area contributed by atoms with Gasteiger partial charge in [0.1, 0.15) is 0 Å². The molecule has 3 rings (SSSR count). The average molecular weight is 376 g/mol. The fraction of sp³-hybridized carbons (Fsp3) is 0.292. The molecular formula is C24H29N3O. The number of hydrogen-bond donors (Lipinski definition) is 2. The molecule has 0 spiro atoms. The van der Waals surface area contributed by atoms with Gasteiger partial charge in [0.15, 0.2) is 0 Å². The molecular weight excluding hydrogens is 346 g/mol. The second kappa shape index (κ2) is 9.90. The van der Waals surface area contributed by atoms with Crippen LogP contribution in [0.25, 0.3) is 0 Å². The fourth-order valence-corrected chi connectivity index (χ4v) is 3.22. The highest BCUT2D eigenvalue weighted by molar-refractivity contribution is 5.90. The molecule has 4 heteroatoms. The van der Waals surface area contributed by atoms with Crippen molar-refractivity contribution >= 4 is 11.6 Å². The van der Waals surface area contributed by atoms with Gasteiger partial charge in [-0.2, -0.15) is 0 Å². The Morgan fingerprint density at radius 2 is 1.71 bits per heavy atom. The maximum atomic E-state index is 12.0. The molecule has 0 bridgehead atoms. The normalized spacial score (nSPS) is 11.0. The van der Waals surface area contributed by atoms with Crippen molar-refractivity contribution in [3.05, 3.63) is 89.7 Å². The lowest BCUT2D eigenvalue weighted by Crippen LogP contribution is -2.17. The maximum Gasteiger partial charge on any atom is 0.224 e. The first-order valence-electron chi connectivity index (χ1n) is 9.87.